The lowest BCUT2D eigenvalue weighted by atomic mass is 9.99. The molecule has 196 valence electrons. The molecule has 2 aromatic carbocycles. The number of aryl methyl sites for hydroxylation is 1. The maximum atomic E-state index is 13.3. The second-order valence-electron chi connectivity index (χ2n) is 8.74. The lowest BCUT2D eigenvalue weighted by molar-refractivity contribution is -0.137. The number of carbonyl (C=O) groups is 2. The first-order chi connectivity index (χ1) is 17.6. The maximum Gasteiger partial charge on any atom is 0.417 e. The Balaban J connectivity index is 1.45. The summed E-state index contributed by atoms with van der Waals surface area (Å²) in [6.45, 7) is 0.752. The minimum Gasteiger partial charge on any atom is -0.376 e. The van der Waals surface area contributed by atoms with E-state index in [2.05, 4.69) is 5.32 Å². The van der Waals surface area contributed by atoms with Crippen LogP contribution in [0.2, 0.25) is 10.0 Å². The van der Waals surface area contributed by atoms with Gasteiger partial charge >= 0.3 is 6.18 Å². The standard InChI is InChI=1S/C27H24Cl2F3NO3S/c28-17-11-9-16(10-12-17)5-2-1-3-8-21(34)23-19-15-36-14-13-22(19)37-26(23)33-25(35)18-6-4-7-20(24(18)29)27(30,31)32/h4,6-7,9-12H,1-3,5,8,13-15H2,(H,33,35). The number of unbranched alkanes of at least 4 members (excludes halogenated alkanes) is 2. The van der Waals surface area contributed by atoms with Gasteiger partial charge in [0.05, 0.1) is 34.9 Å². The second-order valence-corrected chi connectivity index (χ2v) is 10.7. The molecule has 1 aliphatic heterocycles. The van der Waals surface area contributed by atoms with Crippen LogP contribution in [-0.2, 0) is 30.4 Å². The fraction of sp³-hybridized carbons (Fsp3) is 0.333. The minimum absolute atomic E-state index is 0.125. The van der Waals surface area contributed by atoms with Gasteiger partial charge < -0.3 is 10.1 Å². The molecule has 0 atom stereocenters. The van der Waals surface area contributed by atoms with Crippen LogP contribution < -0.4 is 5.32 Å². The molecule has 1 amide bonds. The van der Waals surface area contributed by atoms with Gasteiger partial charge in [-0.1, -0.05) is 47.8 Å². The number of hydrogen-bond acceptors (Lipinski definition) is 4. The predicted molar refractivity (Wildman–Crippen MR) is 140 cm³/mol. The third kappa shape index (κ3) is 6.74. The summed E-state index contributed by atoms with van der Waals surface area (Å²) in [7, 11) is 0. The topological polar surface area (TPSA) is 55.4 Å². The van der Waals surface area contributed by atoms with Crippen LogP contribution in [0.15, 0.2) is 42.5 Å². The summed E-state index contributed by atoms with van der Waals surface area (Å²) in [6.07, 6.45) is -0.493. The van der Waals surface area contributed by atoms with Gasteiger partial charge in [-0.25, -0.2) is 0 Å². The first kappa shape index (κ1) is 27.6. The van der Waals surface area contributed by atoms with Crippen molar-refractivity contribution in [3.63, 3.8) is 0 Å². The van der Waals surface area contributed by atoms with Crippen molar-refractivity contribution < 1.29 is 27.5 Å². The van der Waals surface area contributed by atoms with Crippen molar-refractivity contribution in [3.8, 4) is 0 Å². The minimum atomic E-state index is -4.69. The summed E-state index contributed by atoms with van der Waals surface area (Å²) in [5.41, 5.74) is 0.912. The highest BCUT2D eigenvalue weighted by Gasteiger charge is 2.35. The zero-order valence-electron chi connectivity index (χ0n) is 19.7. The van der Waals surface area contributed by atoms with E-state index in [-0.39, 0.29) is 24.4 Å². The average molecular weight is 570 g/mol. The number of anilines is 1. The van der Waals surface area contributed by atoms with E-state index >= 15 is 0 Å². The predicted octanol–water partition coefficient (Wildman–Crippen LogP) is 8.38. The Bertz CT molecular complexity index is 1290. The quantitative estimate of drug-likeness (QED) is 0.208. The Labute approximate surface area is 226 Å². The van der Waals surface area contributed by atoms with Crippen molar-refractivity contribution in [2.75, 3.05) is 11.9 Å². The largest absolute Gasteiger partial charge is 0.417 e. The molecule has 0 saturated heterocycles. The number of halogens is 5. The number of ketones is 1. The molecule has 1 aromatic heterocycles. The zero-order chi connectivity index (χ0) is 26.6. The molecule has 3 aromatic rings. The average Bonchev–Trinajstić information content (AvgIpc) is 3.22. The number of ether oxygens (including phenoxy) is 1. The van der Waals surface area contributed by atoms with E-state index in [1.807, 2.05) is 24.3 Å². The normalized spacial score (nSPS) is 13.3. The summed E-state index contributed by atoms with van der Waals surface area (Å²) >= 11 is 13.1. The lowest BCUT2D eigenvalue weighted by Crippen LogP contribution is -2.17. The van der Waals surface area contributed by atoms with E-state index in [1.54, 1.807) is 0 Å². The molecule has 0 fully saturated rings. The Morgan fingerprint density at radius 2 is 1.78 bits per heavy atom. The number of amides is 1. The van der Waals surface area contributed by atoms with E-state index in [4.69, 9.17) is 27.9 Å². The van der Waals surface area contributed by atoms with Crippen molar-refractivity contribution in [3.05, 3.63) is 85.2 Å². The summed E-state index contributed by atoms with van der Waals surface area (Å²) in [4.78, 5) is 27.1. The zero-order valence-corrected chi connectivity index (χ0v) is 22.0. The molecule has 0 saturated carbocycles. The van der Waals surface area contributed by atoms with E-state index in [9.17, 15) is 22.8 Å². The van der Waals surface area contributed by atoms with Crippen LogP contribution in [0.3, 0.4) is 0 Å². The van der Waals surface area contributed by atoms with Crippen molar-refractivity contribution in [1.29, 1.82) is 0 Å². The van der Waals surface area contributed by atoms with Gasteiger partial charge in [0, 0.05) is 28.3 Å². The molecule has 37 heavy (non-hydrogen) atoms. The van der Waals surface area contributed by atoms with Crippen LogP contribution in [0, 0.1) is 0 Å². The molecule has 0 spiro atoms. The molecular weight excluding hydrogens is 546 g/mol. The Hall–Kier alpha value is -2.39. The molecule has 1 N–H and O–H groups in total. The molecule has 0 aliphatic carbocycles. The van der Waals surface area contributed by atoms with E-state index in [1.165, 1.54) is 23.0 Å². The number of rotatable bonds is 9. The van der Waals surface area contributed by atoms with E-state index in [0.29, 0.717) is 35.0 Å². The highest BCUT2D eigenvalue weighted by molar-refractivity contribution is 7.17. The summed E-state index contributed by atoms with van der Waals surface area (Å²) in [5, 5.41) is 2.99. The van der Waals surface area contributed by atoms with Gasteiger partial charge in [0.25, 0.3) is 5.91 Å². The van der Waals surface area contributed by atoms with Gasteiger partial charge in [-0.15, -0.1) is 11.3 Å². The molecule has 10 heteroatoms. The third-order valence-corrected chi connectivity index (χ3v) is 8.01. The Morgan fingerprint density at radius 1 is 1.03 bits per heavy atom. The number of thiophene rings is 1. The molecule has 1 aliphatic rings. The number of Topliss-reactive ketones (excluding diaryl/α,β-unsaturated/α-hetero) is 1. The number of fused-ring (bicyclic) bond motifs is 1. The van der Waals surface area contributed by atoms with Crippen LogP contribution in [0.25, 0.3) is 0 Å². The molecule has 4 rings (SSSR count). The summed E-state index contributed by atoms with van der Waals surface area (Å²) in [6, 6.07) is 10.9. The van der Waals surface area contributed by atoms with Gasteiger partial charge in [0.2, 0.25) is 0 Å². The smallest absolute Gasteiger partial charge is 0.376 e. The van der Waals surface area contributed by atoms with Crippen molar-refractivity contribution in [2.24, 2.45) is 0 Å². The molecular formula is C27H24Cl2F3NO3S. The van der Waals surface area contributed by atoms with Crippen molar-refractivity contribution in [1.82, 2.24) is 0 Å². The van der Waals surface area contributed by atoms with Gasteiger partial charge in [-0.05, 0) is 49.1 Å². The highest BCUT2D eigenvalue weighted by Crippen LogP contribution is 2.39. The SMILES string of the molecule is O=C(Nc1sc2c(c1C(=O)CCCCCc1ccc(Cl)cc1)COCC2)c1cccc(C(F)(F)F)c1Cl. The molecule has 4 nitrogen and oxygen atoms in total. The van der Waals surface area contributed by atoms with Crippen LogP contribution in [0.4, 0.5) is 18.2 Å². The molecule has 0 bridgehead atoms. The number of nitrogens with one attached hydrogen (secondary N) is 1. The monoisotopic (exact) mass is 569 g/mol. The van der Waals surface area contributed by atoms with Crippen molar-refractivity contribution in [2.45, 2.75) is 51.3 Å². The van der Waals surface area contributed by atoms with Gasteiger partial charge in [-0.2, -0.15) is 13.2 Å². The number of carbonyl (C=O) groups excluding carboxylic acids is 2. The van der Waals surface area contributed by atoms with E-state index < -0.39 is 22.7 Å². The number of hydrogen-bond donors (Lipinski definition) is 1. The first-order valence-corrected chi connectivity index (χ1v) is 13.4. The molecule has 0 unspecified atom stereocenters. The highest BCUT2D eigenvalue weighted by atomic mass is 35.5. The fourth-order valence-corrected chi connectivity index (χ4v) is 5.90. The molecule has 2 heterocycles. The maximum absolute atomic E-state index is 13.3. The van der Waals surface area contributed by atoms with Crippen LogP contribution >= 0.6 is 34.5 Å². The van der Waals surface area contributed by atoms with Crippen molar-refractivity contribution >= 4 is 51.2 Å². The Kier molecular flexibility index (Phi) is 8.95. The lowest BCUT2D eigenvalue weighted by Gasteiger charge is -2.14. The third-order valence-electron chi connectivity index (χ3n) is 6.15. The van der Waals surface area contributed by atoms with Gasteiger partial charge in [-0.3, -0.25) is 9.59 Å². The number of benzene rings is 2. The van der Waals surface area contributed by atoms with Crippen LogP contribution in [0.1, 0.15) is 68.0 Å². The Morgan fingerprint density at radius 3 is 2.51 bits per heavy atom. The van der Waals surface area contributed by atoms with Crippen LogP contribution in [-0.4, -0.2) is 18.3 Å². The fourth-order valence-electron chi connectivity index (χ4n) is 4.25. The first-order valence-electron chi connectivity index (χ1n) is 11.8. The van der Waals surface area contributed by atoms with Gasteiger partial charge in [0.15, 0.2) is 5.78 Å². The van der Waals surface area contributed by atoms with Gasteiger partial charge in [0.1, 0.15) is 5.00 Å². The van der Waals surface area contributed by atoms with Crippen LogP contribution in [0.5, 0.6) is 0 Å². The summed E-state index contributed by atoms with van der Waals surface area (Å²) in [5.74, 6) is -0.924. The number of alkyl halides is 3. The molecule has 0 radical (unpaired) electrons. The summed E-state index contributed by atoms with van der Waals surface area (Å²) < 4.78 is 45.3. The second kappa shape index (κ2) is 12.0. The van der Waals surface area contributed by atoms with E-state index in [0.717, 1.165) is 41.8 Å².